The van der Waals surface area contributed by atoms with E-state index >= 15 is 0 Å². The summed E-state index contributed by atoms with van der Waals surface area (Å²) in [5, 5.41) is 0.709. The van der Waals surface area contributed by atoms with E-state index in [4.69, 9.17) is 9.15 Å². The number of piperazine rings is 1. The van der Waals surface area contributed by atoms with Crippen LogP contribution >= 0.6 is 0 Å². The first-order valence-corrected chi connectivity index (χ1v) is 7.76. The highest BCUT2D eigenvalue weighted by atomic mass is 16.5. The van der Waals surface area contributed by atoms with Crippen molar-refractivity contribution in [2.24, 2.45) is 0 Å². The molecule has 1 aromatic carbocycles. The second-order valence-electron chi connectivity index (χ2n) is 5.58. The van der Waals surface area contributed by atoms with Crippen LogP contribution in [0.5, 0.6) is 5.75 Å². The number of amides is 1. The van der Waals surface area contributed by atoms with Crippen molar-refractivity contribution in [3.8, 4) is 5.75 Å². The van der Waals surface area contributed by atoms with Crippen molar-refractivity contribution in [2.45, 2.75) is 6.92 Å². The van der Waals surface area contributed by atoms with Crippen molar-refractivity contribution in [2.75, 3.05) is 39.8 Å². The van der Waals surface area contributed by atoms with Crippen molar-refractivity contribution in [3.05, 3.63) is 40.2 Å². The van der Waals surface area contributed by atoms with Gasteiger partial charge in [-0.15, -0.1) is 0 Å². The van der Waals surface area contributed by atoms with Crippen molar-refractivity contribution < 1.29 is 13.9 Å². The molecule has 0 atom stereocenters. The third kappa shape index (κ3) is 3.07. The molecule has 0 N–H and O–H groups in total. The highest BCUT2D eigenvalue weighted by Gasteiger charge is 2.24. The minimum atomic E-state index is -0.603. The maximum Gasteiger partial charge on any atom is 0.349 e. The van der Waals surface area contributed by atoms with Crippen LogP contribution in [-0.2, 0) is 0 Å². The number of likely N-dealkylation sites (N-methyl/N-ethyl adjacent to an activating group) is 1. The van der Waals surface area contributed by atoms with Crippen LogP contribution in [0.25, 0.3) is 11.0 Å². The van der Waals surface area contributed by atoms with E-state index in [1.54, 1.807) is 36.3 Å². The molecule has 1 aliphatic rings. The van der Waals surface area contributed by atoms with Gasteiger partial charge in [0, 0.05) is 37.6 Å². The molecule has 1 amide bonds. The van der Waals surface area contributed by atoms with E-state index in [2.05, 4.69) is 11.8 Å². The standard InChI is InChI=1S/C17H20N2O4/c1-3-18-6-8-19(9-7-18)16(20)14-10-12-4-5-13(22-2)11-15(12)23-17(14)21/h4-5,10-11H,3,6-9H2,1-2H3. The number of ether oxygens (including phenoxy) is 1. The average molecular weight is 316 g/mol. The van der Waals surface area contributed by atoms with Crippen molar-refractivity contribution >= 4 is 16.9 Å². The first-order chi connectivity index (χ1) is 11.1. The molecule has 1 saturated heterocycles. The summed E-state index contributed by atoms with van der Waals surface area (Å²) in [6.07, 6.45) is 0. The van der Waals surface area contributed by atoms with Crippen molar-refractivity contribution in [3.63, 3.8) is 0 Å². The monoisotopic (exact) mass is 316 g/mol. The van der Waals surface area contributed by atoms with Gasteiger partial charge in [-0.25, -0.2) is 4.79 Å². The van der Waals surface area contributed by atoms with E-state index in [-0.39, 0.29) is 11.5 Å². The molecule has 1 aliphatic heterocycles. The third-order valence-electron chi connectivity index (χ3n) is 4.28. The molecule has 1 fully saturated rings. The summed E-state index contributed by atoms with van der Waals surface area (Å²) in [6, 6.07) is 6.81. The molecule has 2 heterocycles. The molecule has 23 heavy (non-hydrogen) atoms. The predicted molar refractivity (Wildman–Crippen MR) is 87.1 cm³/mol. The lowest BCUT2D eigenvalue weighted by atomic mass is 10.1. The molecule has 0 saturated carbocycles. The van der Waals surface area contributed by atoms with Gasteiger partial charge in [0.1, 0.15) is 16.9 Å². The summed E-state index contributed by atoms with van der Waals surface area (Å²) in [6.45, 7) is 6.00. The Hall–Kier alpha value is -2.34. The molecular weight excluding hydrogens is 296 g/mol. The first kappa shape index (κ1) is 15.6. The molecule has 6 nitrogen and oxygen atoms in total. The van der Waals surface area contributed by atoms with Gasteiger partial charge >= 0.3 is 5.63 Å². The van der Waals surface area contributed by atoms with Crippen LogP contribution in [-0.4, -0.2) is 55.5 Å². The van der Waals surface area contributed by atoms with Crippen LogP contribution in [0.3, 0.4) is 0 Å². The van der Waals surface area contributed by atoms with E-state index in [1.165, 1.54) is 0 Å². The highest BCUT2D eigenvalue weighted by molar-refractivity contribution is 5.96. The minimum Gasteiger partial charge on any atom is -0.497 e. The summed E-state index contributed by atoms with van der Waals surface area (Å²) in [4.78, 5) is 28.8. The summed E-state index contributed by atoms with van der Waals surface area (Å²) in [5.74, 6) is 0.350. The summed E-state index contributed by atoms with van der Waals surface area (Å²) in [7, 11) is 1.55. The maximum absolute atomic E-state index is 12.6. The van der Waals surface area contributed by atoms with Crippen LogP contribution < -0.4 is 10.4 Å². The van der Waals surface area contributed by atoms with Gasteiger partial charge in [-0.2, -0.15) is 0 Å². The van der Waals surface area contributed by atoms with Crippen LogP contribution in [0.15, 0.2) is 33.5 Å². The van der Waals surface area contributed by atoms with Crippen LogP contribution in [0.4, 0.5) is 0 Å². The SMILES string of the molecule is CCN1CCN(C(=O)c2cc3ccc(OC)cc3oc2=O)CC1. The maximum atomic E-state index is 12.6. The zero-order chi connectivity index (χ0) is 16.4. The molecule has 0 bridgehead atoms. The fourth-order valence-electron chi connectivity index (χ4n) is 2.81. The fraction of sp³-hybridized carbons (Fsp3) is 0.412. The van der Waals surface area contributed by atoms with Crippen molar-refractivity contribution in [1.29, 1.82) is 0 Å². The average Bonchev–Trinajstić information content (AvgIpc) is 2.60. The van der Waals surface area contributed by atoms with E-state index in [0.29, 0.717) is 29.8 Å². The molecule has 0 aliphatic carbocycles. The quantitative estimate of drug-likeness (QED) is 0.805. The van der Waals surface area contributed by atoms with Gasteiger partial charge in [-0.1, -0.05) is 6.92 Å². The second kappa shape index (κ2) is 6.42. The Bertz CT molecular complexity index is 776. The normalized spacial score (nSPS) is 15.8. The molecule has 3 rings (SSSR count). The Labute approximate surface area is 134 Å². The number of benzene rings is 1. The number of fused-ring (bicyclic) bond motifs is 1. The third-order valence-corrected chi connectivity index (χ3v) is 4.28. The lowest BCUT2D eigenvalue weighted by molar-refractivity contribution is 0.0639. The number of hydrogen-bond acceptors (Lipinski definition) is 5. The van der Waals surface area contributed by atoms with Gasteiger partial charge in [-0.3, -0.25) is 4.79 Å². The van der Waals surface area contributed by atoms with Gasteiger partial charge in [0.25, 0.3) is 5.91 Å². The largest absolute Gasteiger partial charge is 0.497 e. The molecule has 0 spiro atoms. The fourth-order valence-corrected chi connectivity index (χ4v) is 2.81. The Morgan fingerprint density at radius 1 is 1.22 bits per heavy atom. The van der Waals surface area contributed by atoms with E-state index in [9.17, 15) is 9.59 Å². The van der Waals surface area contributed by atoms with Gasteiger partial charge in [0.15, 0.2) is 0 Å². The van der Waals surface area contributed by atoms with Gasteiger partial charge in [-0.05, 0) is 24.7 Å². The number of carbonyl (C=O) groups excluding carboxylic acids is 1. The zero-order valence-corrected chi connectivity index (χ0v) is 13.4. The molecule has 122 valence electrons. The lowest BCUT2D eigenvalue weighted by Crippen LogP contribution is -2.49. The van der Waals surface area contributed by atoms with Crippen molar-refractivity contribution in [1.82, 2.24) is 9.80 Å². The summed E-state index contributed by atoms with van der Waals surface area (Å²) >= 11 is 0. The molecule has 2 aromatic rings. The number of nitrogens with zero attached hydrogens (tertiary/aromatic N) is 2. The van der Waals surface area contributed by atoms with Gasteiger partial charge in [0.05, 0.1) is 7.11 Å². The van der Waals surface area contributed by atoms with E-state index in [0.717, 1.165) is 19.6 Å². The Balaban J connectivity index is 1.89. The van der Waals surface area contributed by atoms with E-state index < -0.39 is 5.63 Å². The topological polar surface area (TPSA) is 63.0 Å². The Morgan fingerprint density at radius 2 is 1.96 bits per heavy atom. The highest BCUT2D eigenvalue weighted by Crippen LogP contribution is 2.20. The minimum absolute atomic E-state index is 0.0904. The summed E-state index contributed by atoms with van der Waals surface area (Å²) in [5.41, 5.74) is -0.0945. The van der Waals surface area contributed by atoms with Crippen LogP contribution in [0.2, 0.25) is 0 Å². The Kier molecular flexibility index (Phi) is 4.34. The molecule has 0 unspecified atom stereocenters. The summed E-state index contributed by atoms with van der Waals surface area (Å²) < 4.78 is 10.4. The Morgan fingerprint density at radius 3 is 2.61 bits per heavy atom. The number of rotatable bonds is 3. The number of carbonyl (C=O) groups is 1. The second-order valence-corrected chi connectivity index (χ2v) is 5.58. The molecule has 1 aromatic heterocycles. The molecule has 0 radical (unpaired) electrons. The smallest absolute Gasteiger partial charge is 0.349 e. The molecule has 6 heteroatoms. The van der Waals surface area contributed by atoms with E-state index in [1.807, 2.05) is 0 Å². The first-order valence-electron chi connectivity index (χ1n) is 7.76. The number of hydrogen-bond donors (Lipinski definition) is 0. The lowest BCUT2D eigenvalue weighted by Gasteiger charge is -2.33. The van der Waals surface area contributed by atoms with Gasteiger partial charge in [0.2, 0.25) is 0 Å². The van der Waals surface area contributed by atoms with Crippen LogP contribution in [0, 0.1) is 0 Å². The predicted octanol–water partition coefficient (Wildman–Crippen LogP) is 1.58. The van der Waals surface area contributed by atoms with Crippen LogP contribution in [0.1, 0.15) is 17.3 Å². The number of methoxy groups -OCH3 is 1. The van der Waals surface area contributed by atoms with Gasteiger partial charge < -0.3 is 19.0 Å². The zero-order valence-electron chi connectivity index (χ0n) is 13.4. The molecular formula is C17H20N2O4.